The minimum atomic E-state index is -2.06. The van der Waals surface area contributed by atoms with Crippen LogP contribution in [0.3, 0.4) is 0 Å². The van der Waals surface area contributed by atoms with Crippen LogP contribution in [-0.4, -0.2) is 52.7 Å². The Balaban J connectivity index is 1.61. The lowest BCUT2D eigenvalue weighted by molar-refractivity contribution is -0.162. The fraction of sp³-hybridized carbons (Fsp3) is 0.444. The summed E-state index contributed by atoms with van der Waals surface area (Å²) < 4.78 is 18.0. The lowest BCUT2D eigenvalue weighted by Gasteiger charge is -2.39. The third-order valence-corrected chi connectivity index (χ3v) is 9.80. The van der Waals surface area contributed by atoms with Gasteiger partial charge in [-0.25, -0.2) is 9.59 Å². The van der Waals surface area contributed by atoms with E-state index in [4.69, 9.17) is 14.2 Å². The van der Waals surface area contributed by atoms with Crippen LogP contribution in [0.5, 0.6) is 0 Å². The van der Waals surface area contributed by atoms with Gasteiger partial charge in [0.25, 0.3) is 0 Å². The average Bonchev–Trinajstić information content (AvgIpc) is 3.38. The zero-order valence-electron chi connectivity index (χ0n) is 25.8. The van der Waals surface area contributed by atoms with Crippen LogP contribution in [0.2, 0.25) is 0 Å². The summed E-state index contributed by atoms with van der Waals surface area (Å²) in [6.45, 7) is 13.1. The highest BCUT2D eigenvalue weighted by atomic mass is 16.6. The van der Waals surface area contributed by atoms with Crippen LogP contribution in [0.25, 0.3) is 0 Å². The summed E-state index contributed by atoms with van der Waals surface area (Å²) in [4.78, 5) is 53.4. The van der Waals surface area contributed by atoms with E-state index < -0.39 is 59.4 Å². The number of carbonyl (C=O) groups excluding carboxylic acids is 4. The Labute approximate surface area is 258 Å². The van der Waals surface area contributed by atoms with Crippen molar-refractivity contribution < 1.29 is 38.5 Å². The molecular weight excluding hydrogens is 560 g/mol. The molecule has 3 aliphatic carbocycles. The first-order valence-electron chi connectivity index (χ1n) is 15.1. The molecule has 8 heteroatoms. The van der Waals surface area contributed by atoms with Gasteiger partial charge in [-0.3, -0.25) is 9.59 Å². The summed E-state index contributed by atoms with van der Waals surface area (Å²) in [5.74, 6) is -4.11. The quantitative estimate of drug-likeness (QED) is 0.272. The Morgan fingerprint density at radius 2 is 1.45 bits per heavy atom. The summed E-state index contributed by atoms with van der Waals surface area (Å²) in [6, 6.07) is 16.9. The summed E-state index contributed by atoms with van der Waals surface area (Å²) >= 11 is 0. The largest absolute Gasteiger partial charge is 0.458 e. The zero-order chi connectivity index (χ0) is 32.0. The predicted octanol–water partition coefficient (Wildman–Crippen LogP) is 5.50. The first kappa shape index (κ1) is 31.4. The maximum atomic E-state index is 14.2. The van der Waals surface area contributed by atoms with E-state index in [0.717, 1.165) is 0 Å². The van der Waals surface area contributed by atoms with Crippen molar-refractivity contribution in [2.45, 2.75) is 71.4 Å². The Hall–Kier alpha value is -4.04. The second kappa shape index (κ2) is 11.8. The van der Waals surface area contributed by atoms with Gasteiger partial charge < -0.3 is 19.3 Å². The maximum absolute atomic E-state index is 14.2. The van der Waals surface area contributed by atoms with Gasteiger partial charge in [-0.2, -0.15) is 0 Å². The van der Waals surface area contributed by atoms with E-state index in [1.54, 1.807) is 74.5 Å². The highest BCUT2D eigenvalue weighted by Gasteiger charge is 2.64. The monoisotopic (exact) mass is 600 g/mol. The van der Waals surface area contributed by atoms with E-state index in [0.29, 0.717) is 23.1 Å². The van der Waals surface area contributed by atoms with Gasteiger partial charge in [0.05, 0.1) is 17.0 Å². The van der Waals surface area contributed by atoms with Crippen LogP contribution in [0.4, 0.5) is 0 Å². The maximum Gasteiger partial charge on any atom is 0.338 e. The number of allylic oxidation sites excluding steroid dienone is 1. The second-order valence-corrected chi connectivity index (χ2v) is 13.1. The van der Waals surface area contributed by atoms with Gasteiger partial charge in [-0.1, -0.05) is 69.8 Å². The minimum Gasteiger partial charge on any atom is -0.458 e. The number of carbonyl (C=O) groups is 4. The first-order valence-corrected chi connectivity index (χ1v) is 15.1. The molecule has 0 unspecified atom stereocenters. The summed E-state index contributed by atoms with van der Waals surface area (Å²) in [5.41, 5.74) is -1.03. The third kappa shape index (κ3) is 5.75. The van der Waals surface area contributed by atoms with Gasteiger partial charge in [0.2, 0.25) is 0 Å². The molecule has 232 valence electrons. The minimum absolute atomic E-state index is 0.0185. The van der Waals surface area contributed by atoms with Crippen molar-refractivity contribution in [1.29, 1.82) is 0 Å². The number of fused-ring (bicyclic) bond motifs is 2. The van der Waals surface area contributed by atoms with Crippen LogP contribution < -0.4 is 0 Å². The number of Topliss-reactive ketones (excluding diaryl/α,β-unsaturated/α-hetero) is 1. The van der Waals surface area contributed by atoms with E-state index in [1.807, 2.05) is 6.08 Å². The van der Waals surface area contributed by atoms with Crippen molar-refractivity contribution in [2.75, 3.05) is 0 Å². The molecule has 0 radical (unpaired) electrons. The fourth-order valence-electron chi connectivity index (χ4n) is 7.26. The van der Waals surface area contributed by atoms with Gasteiger partial charge in [0, 0.05) is 12.5 Å². The van der Waals surface area contributed by atoms with Crippen LogP contribution in [0.1, 0.15) is 68.2 Å². The second-order valence-electron chi connectivity index (χ2n) is 13.1. The van der Waals surface area contributed by atoms with E-state index in [-0.39, 0.29) is 29.2 Å². The van der Waals surface area contributed by atoms with Crippen LogP contribution in [-0.2, 0) is 23.8 Å². The molecule has 3 aliphatic rings. The Bertz CT molecular complexity index is 1490. The van der Waals surface area contributed by atoms with E-state index in [2.05, 4.69) is 20.4 Å². The summed E-state index contributed by atoms with van der Waals surface area (Å²) in [7, 11) is 0. The highest BCUT2D eigenvalue weighted by Crippen LogP contribution is 2.62. The van der Waals surface area contributed by atoms with Crippen LogP contribution in [0.15, 0.2) is 84.5 Å². The highest BCUT2D eigenvalue weighted by molar-refractivity contribution is 6.02. The number of hydrogen-bond acceptors (Lipinski definition) is 8. The van der Waals surface area contributed by atoms with Gasteiger partial charge in [0.15, 0.2) is 5.78 Å². The molecule has 1 N–H and O–H groups in total. The molecule has 0 saturated heterocycles. The van der Waals surface area contributed by atoms with Crippen molar-refractivity contribution in [1.82, 2.24) is 0 Å². The molecule has 2 aromatic carbocycles. The van der Waals surface area contributed by atoms with E-state index >= 15 is 0 Å². The Morgan fingerprint density at radius 3 is 2.00 bits per heavy atom. The smallest absolute Gasteiger partial charge is 0.338 e. The number of ether oxygens (including phenoxy) is 3. The molecule has 0 bridgehead atoms. The lowest BCUT2D eigenvalue weighted by Crippen LogP contribution is -2.53. The molecule has 2 aromatic rings. The number of ketones is 1. The van der Waals surface area contributed by atoms with Crippen molar-refractivity contribution in [3.8, 4) is 0 Å². The SMILES string of the molecule is C=C1[C@H](OC(=O)c2ccccc2)C[C@@H]2[C@@H](/C=C(/C)C(=O)[C@@]3(O)C[C@H](C)[C@H](OC(=O)c4ccccc4)[C@@H]3[C@H]1OC(C)=O)C2(C)C. The molecule has 0 heterocycles. The fourth-order valence-corrected chi connectivity index (χ4v) is 7.26. The molecule has 2 fully saturated rings. The third-order valence-electron chi connectivity index (χ3n) is 9.80. The molecule has 2 saturated carbocycles. The van der Waals surface area contributed by atoms with Crippen molar-refractivity contribution in [3.63, 3.8) is 0 Å². The van der Waals surface area contributed by atoms with Crippen molar-refractivity contribution in [3.05, 3.63) is 95.6 Å². The molecule has 44 heavy (non-hydrogen) atoms. The van der Waals surface area contributed by atoms with E-state index in [9.17, 15) is 24.3 Å². The van der Waals surface area contributed by atoms with Gasteiger partial charge in [0.1, 0.15) is 23.9 Å². The standard InChI is InChI=1S/C36H40O8/c1-20-17-26-27(35(26,5)6)18-28(43-33(39)24-13-9-7-10-14-24)22(3)31(42-23(4)37)29-30(21(2)19-36(29,41)32(20)38)44-34(40)25-15-11-8-12-16-25/h7-17,21,26-31,41H,3,18-19H2,1-2,4-6H3/b20-17-/t21-,26+,27+,28+,29+,30-,31-,36+/m0/s1. The number of aliphatic hydroxyl groups is 1. The topological polar surface area (TPSA) is 116 Å². The first-order chi connectivity index (χ1) is 20.8. The molecule has 0 aliphatic heterocycles. The lowest BCUT2D eigenvalue weighted by atomic mass is 9.76. The Morgan fingerprint density at radius 1 is 0.909 bits per heavy atom. The van der Waals surface area contributed by atoms with Crippen molar-refractivity contribution >= 4 is 23.7 Å². The molecule has 8 nitrogen and oxygen atoms in total. The van der Waals surface area contributed by atoms with Gasteiger partial charge in [-0.05, 0) is 72.8 Å². The van der Waals surface area contributed by atoms with Crippen molar-refractivity contribution in [2.24, 2.45) is 29.1 Å². The molecular formula is C36H40O8. The predicted molar refractivity (Wildman–Crippen MR) is 162 cm³/mol. The van der Waals surface area contributed by atoms with Gasteiger partial charge in [-0.15, -0.1) is 0 Å². The Kier molecular flexibility index (Phi) is 8.42. The van der Waals surface area contributed by atoms with Crippen LogP contribution in [0, 0.1) is 29.1 Å². The summed E-state index contributed by atoms with van der Waals surface area (Å²) in [5, 5.41) is 12.3. The number of esters is 3. The molecule has 0 amide bonds. The zero-order valence-corrected chi connectivity index (χ0v) is 25.8. The molecule has 5 rings (SSSR count). The normalized spacial score (nSPS) is 33.9. The molecule has 8 atom stereocenters. The number of rotatable bonds is 5. The molecule has 0 aromatic heterocycles. The average molecular weight is 601 g/mol. The molecule has 0 spiro atoms. The number of benzene rings is 2. The summed E-state index contributed by atoms with van der Waals surface area (Å²) in [6.07, 6.45) is -1.04. The van der Waals surface area contributed by atoms with Crippen LogP contribution >= 0.6 is 0 Å². The number of hydrogen-bond donors (Lipinski definition) is 1. The van der Waals surface area contributed by atoms with E-state index in [1.165, 1.54) is 6.92 Å². The van der Waals surface area contributed by atoms with Gasteiger partial charge >= 0.3 is 17.9 Å².